The summed E-state index contributed by atoms with van der Waals surface area (Å²) in [5, 5.41) is 3.07. The Hall–Kier alpha value is -2.29. The van der Waals surface area contributed by atoms with Crippen molar-refractivity contribution in [3.63, 3.8) is 0 Å². The molecule has 0 bridgehead atoms. The maximum absolute atomic E-state index is 12.6. The molecule has 21 heavy (non-hydrogen) atoms. The number of benzene rings is 2. The van der Waals surface area contributed by atoms with Crippen molar-refractivity contribution in [1.29, 1.82) is 0 Å². The number of amides is 1. The van der Waals surface area contributed by atoms with E-state index in [0.29, 0.717) is 6.54 Å². The molecule has 3 nitrogen and oxygen atoms in total. The summed E-state index contributed by atoms with van der Waals surface area (Å²) in [5.74, 6) is 0.121. The zero-order valence-corrected chi connectivity index (χ0v) is 12.2. The average Bonchev–Trinajstić information content (AvgIpc) is 3.31. The van der Waals surface area contributed by atoms with E-state index in [2.05, 4.69) is 5.32 Å². The van der Waals surface area contributed by atoms with E-state index in [1.807, 2.05) is 55.5 Å². The van der Waals surface area contributed by atoms with Crippen LogP contribution < -0.4 is 11.1 Å². The molecular weight excluding hydrogens is 260 g/mol. The van der Waals surface area contributed by atoms with E-state index in [0.717, 1.165) is 35.2 Å². The van der Waals surface area contributed by atoms with Gasteiger partial charge in [0.25, 0.3) is 0 Å². The quantitative estimate of drug-likeness (QED) is 0.846. The minimum absolute atomic E-state index is 0.121. The molecule has 108 valence electrons. The van der Waals surface area contributed by atoms with E-state index in [-0.39, 0.29) is 11.3 Å². The van der Waals surface area contributed by atoms with Gasteiger partial charge in [-0.1, -0.05) is 42.5 Å². The molecule has 0 unspecified atom stereocenters. The summed E-state index contributed by atoms with van der Waals surface area (Å²) in [5.41, 5.74) is 9.60. The fourth-order valence-corrected chi connectivity index (χ4v) is 2.77. The highest BCUT2D eigenvalue weighted by Gasteiger charge is 2.50. The molecule has 1 aliphatic carbocycles. The van der Waals surface area contributed by atoms with Crippen LogP contribution in [0.25, 0.3) is 0 Å². The first-order valence-corrected chi connectivity index (χ1v) is 7.31. The normalized spacial score (nSPS) is 15.5. The Morgan fingerprint density at radius 2 is 1.86 bits per heavy atom. The van der Waals surface area contributed by atoms with E-state index in [9.17, 15) is 4.79 Å². The fraction of sp³-hybridized carbons (Fsp3) is 0.278. The number of rotatable bonds is 4. The van der Waals surface area contributed by atoms with Crippen LogP contribution in [-0.2, 0) is 16.8 Å². The summed E-state index contributed by atoms with van der Waals surface area (Å²) in [6, 6.07) is 15.9. The largest absolute Gasteiger partial charge is 0.399 e. The minimum Gasteiger partial charge on any atom is -0.399 e. The zero-order chi connectivity index (χ0) is 14.9. The lowest BCUT2D eigenvalue weighted by atomic mass is 9.95. The minimum atomic E-state index is -0.310. The van der Waals surface area contributed by atoms with Crippen LogP contribution in [0.5, 0.6) is 0 Å². The van der Waals surface area contributed by atoms with E-state index in [4.69, 9.17) is 5.73 Å². The molecule has 3 heteroatoms. The molecule has 0 spiro atoms. The molecule has 3 N–H and O–H groups in total. The predicted molar refractivity (Wildman–Crippen MR) is 84.8 cm³/mol. The van der Waals surface area contributed by atoms with E-state index < -0.39 is 0 Å². The average molecular weight is 280 g/mol. The molecule has 0 aromatic heterocycles. The van der Waals surface area contributed by atoms with Crippen molar-refractivity contribution in [1.82, 2.24) is 5.32 Å². The van der Waals surface area contributed by atoms with Gasteiger partial charge in [-0.2, -0.15) is 0 Å². The van der Waals surface area contributed by atoms with Crippen LogP contribution in [0.2, 0.25) is 0 Å². The zero-order valence-electron chi connectivity index (χ0n) is 12.2. The standard InChI is InChI=1S/C18H20N2O/c1-13-14(6-5-9-16(13)19)12-20-17(21)18(10-11-18)15-7-3-2-4-8-15/h2-9H,10-12,19H2,1H3,(H,20,21). The van der Waals surface area contributed by atoms with Gasteiger partial charge >= 0.3 is 0 Å². The monoisotopic (exact) mass is 280 g/mol. The van der Waals surface area contributed by atoms with Crippen LogP contribution in [0, 0.1) is 6.92 Å². The number of hydrogen-bond acceptors (Lipinski definition) is 2. The summed E-state index contributed by atoms with van der Waals surface area (Å²) in [7, 11) is 0. The van der Waals surface area contributed by atoms with Gasteiger partial charge in [0.05, 0.1) is 5.41 Å². The first kappa shape index (κ1) is 13.7. The number of anilines is 1. The lowest BCUT2D eigenvalue weighted by Gasteiger charge is -2.16. The third kappa shape index (κ3) is 2.51. The van der Waals surface area contributed by atoms with Crippen LogP contribution in [0.1, 0.15) is 29.5 Å². The summed E-state index contributed by atoms with van der Waals surface area (Å²) in [4.78, 5) is 12.6. The Labute approximate surface area is 125 Å². The van der Waals surface area contributed by atoms with Crippen molar-refractivity contribution in [3.05, 3.63) is 65.2 Å². The molecule has 0 heterocycles. The van der Waals surface area contributed by atoms with Crippen LogP contribution in [0.3, 0.4) is 0 Å². The highest BCUT2D eigenvalue weighted by atomic mass is 16.2. The molecule has 2 aromatic rings. The molecule has 0 aliphatic heterocycles. The molecule has 1 aliphatic rings. The van der Waals surface area contributed by atoms with E-state index in [1.54, 1.807) is 0 Å². The molecule has 1 fully saturated rings. The molecule has 3 rings (SSSR count). The maximum atomic E-state index is 12.6. The molecular formula is C18H20N2O. The van der Waals surface area contributed by atoms with E-state index in [1.165, 1.54) is 0 Å². The number of nitrogens with one attached hydrogen (secondary N) is 1. The molecule has 0 radical (unpaired) electrons. The number of hydrogen-bond donors (Lipinski definition) is 2. The SMILES string of the molecule is Cc1c(N)cccc1CNC(=O)C1(c2ccccc2)CC1. The van der Waals surface area contributed by atoms with Gasteiger partial charge in [-0.3, -0.25) is 4.79 Å². The molecule has 1 amide bonds. The van der Waals surface area contributed by atoms with Crippen LogP contribution in [0.15, 0.2) is 48.5 Å². The van der Waals surface area contributed by atoms with Gasteiger partial charge in [0.2, 0.25) is 5.91 Å². The van der Waals surface area contributed by atoms with Crippen LogP contribution >= 0.6 is 0 Å². The lowest BCUT2D eigenvalue weighted by Crippen LogP contribution is -2.34. The number of nitrogens with two attached hydrogens (primary N) is 1. The van der Waals surface area contributed by atoms with Gasteiger partial charge < -0.3 is 11.1 Å². The molecule has 1 saturated carbocycles. The predicted octanol–water partition coefficient (Wildman–Crippen LogP) is 2.93. The van der Waals surface area contributed by atoms with Gasteiger partial charge in [0.15, 0.2) is 0 Å². The Morgan fingerprint density at radius 1 is 1.14 bits per heavy atom. The highest BCUT2D eigenvalue weighted by Crippen LogP contribution is 2.48. The lowest BCUT2D eigenvalue weighted by molar-refractivity contribution is -0.123. The van der Waals surface area contributed by atoms with Crippen molar-refractivity contribution in [2.24, 2.45) is 0 Å². The van der Waals surface area contributed by atoms with Gasteiger partial charge in [-0.05, 0) is 42.5 Å². The van der Waals surface area contributed by atoms with Crippen molar-refractivity contribution in [3.8, 4) is 0 Å². The first-order valence-electron chi connectivity index (χ1n) is 7.31. The third-order valence-electron chi connectivity index (χ3n) is 4.44. The summed E-state index contributed by atoms with van der Waals surface area (Å²) in [6.07, 6.45) is 1.86. The Balaban J connectivity index is 1.72. The highest BCUT2D eigenvalue weighted by molar-refractivity contribution is 5.91. The van der Waals surface area contributed by atoms with E-state index >= 15 is 0 Å². The number of carbonyl (C=O) groups excluding carboxylic acids is 1. The van der Waals surface area contributed by atoms with Crippen molar-refractivity contribution < 1.29 is 4.79 Å². The summed E-state index contributed by atoms with van der Waals surface area (Å²) < 4.78 is 0. The Bertz CT molecular complexity index is 660. The van der Waals surface area contributed by atoms with Crippen LogP contribution in [-0.4, -0.2) is 5.91 Å². The third-order valence-corrected chi connectivity index (χ3v) is 4.44. The number of nitrogen functional groups attached to an aromatic ring is 1. The first-order chi connectivity index (χ1) is 10.1. The van der Waals surface area contributed by atoms with Gasteiger partial charge in [0.1, 0.15) is 0 Å². The fourth-order valence-electron chi connectivity index (χ4n) is 2.77. The van der Waals surface area contributed by atoms with Gasteiger partial charge in [-0.15, -0.1) is 0 Å². The topological polar surface area (TPSA) is 55.1 Å². The molecule has 2 aromatic carbocycles. The Kier molecular flexibility index (Phi) is 3.42. The Morgan fingerprint density at radius 3 is 2.52 bits per heavy atom. The van der Waals surface area contributed by atoms with Crippen molar-refractivity contribution in [2.45, 2.75) is 31.7 Å². The summed E-state index contributed by atoms with van der Waals surface area (Å²) in [6.45, 7) is 2.52. The maximum Gasteiger partial charge on any atom is 0.230 e. The van der Waals surface area contributed by atoms with Crippen LogP contribution in [0.4, 0.5) is 5.69 Å². The van der Waals surface area contributed by atoms with Gasteiger partial charge in [-0.25, -0.2) is 0 Å². The molecule has 0 atom stereocenters. The van der Waals surface area contributed by atoms with Crippen molar-refractivity contribution >= 4 is 11.6 Å². The second kappa shape index (κ2) is 5.24. The smallest absolute Gasteiger partial charge is 0.230 e. The summed E-state index contributed by atoms with van der Waals surface area (Å²) >= 11 is 0. The second-order valence-corrected chi connectivity index (χ2v) is 5.76. The number of carbonyl (C=O) groups is 1. The van der Waals surface area contributed by atoms with Crippen molar-refractivity contribution in [2.75, 3.05) is 5.73 Å². The molecule has 0 saturated heterocycles. The van der Waals surface area contributed by atoms with Gasteiger partial charge in [0, 0.05) is 12.2 Å². The second-order valence-electron chi connectivity index (χ2n) is 5.76.